The minimum Gasteiger partial charge on any atom is -0.0622 e. The molecule has 0 aliphatic heterocycles. The zero-order valence-corrected chi connectivity index (χ0v) is 26.3. The lowest BCUT2D eigenvalue weighted by atomic mass is 9.89. The molecule has 0 aromatic heterocycles. The molecule has 0 saturated carbocycles. The highest BCUT2D eigenvalue weighted by molar-refractivity contribution is 6.27. The van der Waals surface area contributed by atoms with E-state index in [2.05, 4.69) is 182 Å². The molecule has 0 radical (unpaired) electrons. The van der Waals surface area contributed by atoms with Crippen LogP contribution in [0.3, 0.4) is 0 Å². The fraction of sp³-hybridized carbons (Fsp3) is 0. The summed E-state index contributed by atoms with van der Waals surface area (Å²) in [5, 5.41) is 15.6. The molecule has 10 aromatic rings. The zero-order chi connectivity index (χ0) is 31.6. The largest absolute Gasteiger partial charge is 0.0622 e. The fourth-order valence-electron chi connectivity index (χ4n) is 7.93. The van der Waals surface area contributed by atoms with Crippen LogP contribution in [-0.2, 0) is 0 Å². The van der Waals surface area contributed by atoms with Crippen molar-refractivity contribution in [1.29, 1.82) is 0 Å². The van der Waals surface area contributed by atoms with Gasteiger partial charge in [0.25, 0.3) is 0 Å². The summed E-state index contributed by atoms with van der Waals surface area (Å²) in [4.78, 5) is 0. The molecule has 0 atom stereocenters. The maximum Gasteiger partial charge on any atom is -0.00928 e. The zero-order valence-electron chi connectivity index (χ0n) is 26.3. The van der Waals surface area contributed by atoms with Crippen LogP contribution in [0.4, 0.5) is 0 Å². The maximum absolute atomic E-state index is 2.40. The predicted octanol–water partition coefficient (Wildman–Crippen LogP) is 13.6. The quantitative estimate of drug-likeness (QED) is 0.176. The third kappa shape index (κ3) is 4.16. The normalized spacial score (nSPS) is 11.8. The van der Waals surface area contributed by atoms with Gasteiger partial charge in [0, 0.05) is 0 Å². The molecule has 0 unspecified atom stereocenters. The predicted molar refractivity (Wildman–Crippen MR) is 208 cm³/mol. The van der Waals surface area contributed by atoms with Crippen molar-refractivity contribution < 1.29 is 0 Å². The third-order valence-electron chi connectivity index (χ3n) is 10.2. The van der Waals surface area contributed by atoms with Crippen LogP contribution in [0.5, 0.6) is 0 Å². The topological polar surface area (TPSA) is 0 Å². The van der Waals surface area contributed by atoms with Gasteiger partial charge in [0.05, 0.1) is 0 Å². The lowest BCUT2D eigenvalue weighted by molar-refractivity contribution is 1.58. The van der Waals surface area contributed by atoms with Crippen molar-refractivity contribution in [2.75, 3.05) is 0 Å². The first-order valence-electron chi connectivity index (χ1n) is 16.7. The van der Waals surface area contributed by atoms with E-state index >= 15 is 0 Å². The van der Waals surface area contributed by atoms with Crippen LogP contribution in [0.1, 0.15) is 0 Å². The smallest absolute Gasteiger partial charge is 0.00928 e. The Hall–Kier alpha value is -6.24. The molecule has 48 heavy (non-hydrogen) atoms. The number of hydrogen-bond donors (Lipinski definition) is 0. The Balaban J connectivity index is 1.23. The van der Waals surface area contributed by atoms with E-state index in [-0.39, 0.29) is 0 Å². The maximum atomic E-state index is 2.40. The van der Waals surface area contributed by atoms with Crippen molar-refractivity contribution >= 4 is 64.6 Å². The first-order chi connectivity index (χ1) is 23.8. The molecule has 0 fully saturated rings. The summed E-state index contributed by atoms with van der Waals surface area (Å²) >= 11 is 0. The van der Waals surface area contributed by atoms with Crippen LogP contribution in [0, 0.1) is 0 Å². The molecule has 0 spiro atoms. The Labute approximate surface area is 279 Å². The number of fused-ring (bicyclic) bond motifs is 12. The van der Waals surface area contributed by atoms with E-state index in [1.54, 1.807) is 0 Å². The second-order valence-electron chi connectivity index (χ2n) is 12.9. The Kier molecular flexibility index (Phi) is 5.98. The lowest BCUT2D eigenvalue weighted by Crippen LogP contribution is -1.89. The second kappa shape index (κ2) is 10.7. The first kappa shape index (κ1) is 26.9. The van der Waals surface area contributed by atoms with Gasteiger partial charge < -0.3 is 0 Å². The number of benzene rings is 10. The van der Waals surface area contributed by atoms with E-state index < -0.39 is 0 Å². The summed E-state index contributed by atoms with van der Waals surface area (Å²) < 4.78 is 0. The van der Waals surface area contributed by atoms with Crippen molar-refractivity contribution in [3.05, 3.63) is 182 Å². The van der Waals surface area contributed by atoms with Gasteiger partial charge in [0.15, 0.2) is 0 Å². The standard InChI is InChI=1S/C48H30/c1-2-12-31(13-3-1)34-26-35(32-22-24-45-41-18-6-4-14-37(41)39-16-8-10-20-43(39)47(45)29-32)28-36(27-34)33-23-25-46-42-19-7-5-15-38(42)40-17-9-11-21-44(40)48(46)30-33/h1-30H. The van der Waals surface area contributed by atoms with Gasteiger partial charge in [-0.1, -0.05) is 152 Å². The Bertz CT molecular complexity index is 2630. The van der Waals surface area contributed by atoms with E-state index in [1.165, 1.54) is 98.0 Å². The second-order valence-corrected chi connectivity index (χ2v) is 12.9. The molecule has 0 nitrogen and oxygen atoms in total. The Morgan fingerprint density at radius 2 is 0.417 bits per heavy atom. The highest BCUT2D eigenvalue weighted by Crippen LogP contribution is 2.41. The van der Waals surface area contributed by atoms with Crippen LogP contribution in [-0.4, -0.2) is 0 Å². The fourth-order valence-corrected chi connectivity index (χ4v) is 7.93. The first-order valence-corrected chi connectivity index (χ1v) is 16.7. The van der Waals surface area contributed by atoms with Crippen molar-refractivity contribution in [3.8, 4) is 33.4 Å². The molecule has 0 saturated heterocycles. The molecule has 10 rings (SSSR count). The highest BCUT2D eigenvalue weighted by Gasteiger charge is 2.14. The van der Waals surface area contributed by atoms with Gasteiger partial charge in [-0.3, -0.25) is 0 Å². The molecule has 0 heterocycles. The van der Waals surface area contributed by atoms with Crippen molar-refractivity contribution in [1.82, 2.24) is 0 Å². The SMILES string of the molecule is c1ccc(-c2cc(-c3ccc4c5ccccc5c5ccccc5c4c3)cc(-c3ccc4c5ccccc5c5ccccc5c4c3)c2)cc1. The monoisotopic (exact) mass is 606 g/mol. The van der Waals surface area contributed by atoms with E-state index in [1.807, 2.05) is 0 Å². The van der Waals surface area contributed by atoms with Gasteiger partial charge in [0.1, 0.15) is 0 Å². The number of rotatable bonds is 3. The highest BCUT2D eigenvalue weighted by atomic mass is 14.2. The van der Waals surface area contributed by atoms with Crippen LogP contribution in [0.15, 0.2) is 182 Å². The average Bonchev–Trinajstić information content (AvgIpc) is 3.18. The van der Waals surface area contributed by atoms with Gasteiger partial charge in [-0.25, -0.2) is 0 Å². The molecule has 0 aliphatic carbocycles. The van der Waals surface area contributed by atoms with E-state index in [9.17, 15) is 0 Å². The summed E-state index contributed by atoms with van der Waals surface area (Å²) in [7, 11) is 0. The van der Waals surface area contributed by atoms with Crippen LogP contribution < -0.4 is 0 Å². The Morgan fingerprint density at radius 1 is 0.146 bits per heavy atom. The molecular weight excluding hydrogens is 577 g/mol. The third-order valence-corrected chi connectivity index (χ3v) is 10.2. The summed E-state index contributed by atoms with van der Waals surface area (Å²) in [6.45, 7) is 0. The van der Waals surface area contributed by atoms with Crippen molar-refractivity contribution in [3.63, 3.8) is 0 Å². The molecular formula is C48H30. The molecule has 10 aromatic carbocycles. The van der Waals surface area contributed by atoms with Gasteiger partial charge in [0.2, 0.25) is 0 Å². The van der Waals surface area contributed by atoms with Gasteiger partial charge in [-0.2, -0.15) is 0 Å². The summed E-state index contributed by atoms with van der Waals surface area (Å²) in [5.74, 6) is 0. The average molecular weight is 607 g/mol. The molecule has 0 heteroatoms. The summed E-state index contributed by atoms with van der Waals surface area (Å²) in [6, 6.07) is 67.1. The van der Waals surface area contributed by atoms with E-state index in [0.717, 1.165) is 0 Å². The molecule has 0 aliphatic rings. The summed E-state index contributed by atoms with van der Waals surface area (Å²) in [5.41, 5.74) is 7.31. The van der Waals surface area contributed by atoms with E-state index in [4.69, 9.17) is 0 Å². The minimum atomic E-state index is 1.22. The van der Waals surface area contributed by atoms with Crippen LogP contribution >= 0.6 is 0 Å². The molecule has 0 bridgehead atoms. The minimum absolute atomic E-state index is 1.22. The van der Waals surface area contributed by atoms with Crippen LogP contribution in [0.25, 0.3) is 98.0 Å². The Morgan fingerprint density at radius 3 is 0.771 bits per heavy atom. The van der Waals surface area contributed by atoms with Crippen molar-refractivity contribution in [2.24, 2.45) is 0 Å². The summed E-state index contributed by atoms with van der Waals surface area (Å²) in [6.07, 6.45) is 0. The van der Waals surface area contributed by atoms with Crippen LogP contribution in [0.2, 0.25) is 0 Å². The lowest BCUT2D eigenvalue weighted by Gasteiger charge is -2.15. The van der Waals surface area contributed by atoms with Gasteiger partial charge in [-0.05, 0) is 128 Å². The van der Waals surface area contributed by atoms with Gasteiger partial charge >= 0.3 is 0 Å². The van der Waals surface area contributed by atoms with E-state index in [0.29, 0.717) is 0 Å². The van der Waals surface area contributed by atoms with Gasteiger partial charge in [-0.15, -0.1) is 0 Å². The molecule has 222 valence electrons. The van der Waals surface area contributed by atoms with Crippen molar-refractivity contribution in [2.45, 2.75) is 0 Å². The molecule has 0 amide bonds. The molecule has 0 N–H and O–H groups in total. The number of hydrogen-bond acceptors (Lipinski definition) is 0.